The van der Waals surface area contributed by atoms with Crippen molar-refractivity contribution >= 4 is 38.6 Å². The quantitative estimate of drug-likeness (QED) is 0.380. The predicted molar refractivity (Wildman–Crippen MR) is 91.0 cm³/mol. The SMILES string of the molecule is O=C(COC(=O)COc1cccc(F)c1)Nc1nc2c(F)c(F)c(F)cc2s1. The minimum absolute atomic E-state index is 0.00723. The molecule has 3 rings (SSSR count). The van der Waals surface area contributed by atoms with Gasteiger partial charge in [0.05, 0.1) is 4.70 Å². The molecular formula is C17H10F4N2O4S. The summed E-state index contributed by atoms with van der Waals surface area (Å²) >= 11 is 0.715. The molecule has 0 aliphatic heterocycles. The Hall–Kier alpha value is -3.21. The van der Waals surface area contributed by atoms with Crippen LogP contribution in [0.4, 0.5) is 22.7 Å². The molecule has 1 aromatic heterocycles. The van der Waals surface area contributed by atoms with Crippen LogP contribution in [0.2, 0.25) is 0 Å². The largest absolute Gasteiger partial charge is 0.482 e. The lowest BCUT2D eigenvalue weighted by Gasteiger charge is -2.06. The van der Waals surface area contributed by atoms with Gasteiger partial charge in [-0.2, -0.15) is 0 Å². The van der Waals surface area contributed by atoms with Crippen LogP contribution in [-0.4, -0.2) is 30.1 Å². The zero-order valence-electron chi connectivity index (χ0n) is 13.8. The van der Waals surface area contributed by atoms with Crippen LogP contribution in [0.15, 0.2) is 30.3 Å². The van der Waals surface area contributed by atoms with Gasteiger partial charge in [0.2, 0.25) is 0 Å². The molecule has 0 radical (unpaired) electrons. The van der Waals surface area contributed by atoms with E-state index >= 15 is 0 Å². The van der Waals surface area contributed by atoms with Crippen LogP contribution in [0.25, 0.3) is 10.2 Å². The number of hydrogen-bond donors (Lipinski definition) is 1. The number of carbonyl (C=O) groups is 2. The van der Waals surface area contributed by atoms with Crippen LogP contribution >= 0.6 is 11.3 Å². The molecule has 1 heterocycles. The van der Waals surface area contributed by atoms with Gasteiger partial charge in [-0.05, 0) is 18.2 Å². The lowest BCUT2D eigenvalue weighted by Crippen LogP contribution is -2.23. The number of anilines is 1. The Kier molecular flexibility index (Phi) is 5.73. The van der Waals surface area contributed by atoms with E-state index in [1.54, 1.807) is 0 Å². The molecule has 146 valence electrons. The Morgan fingerprint density at radius 3 is 2.61 bits per heavy atom. The van der Waals surface area contributed by atoms with Crippen molar-refractivity contribution in [1.82, 2.24) is 4.98 Å². The number of thiazole rings is 1. The van der Waals surface area contributed by atoms with Crippen molar-refractivity contribution in [2.24, 2.45) is 0 Å². The molecule has 0 unspecified atom stereocenters. The molecule has 0 aliphatic rings. The van der Waals surface area contributed by atoms with Gasteiger partial charge in [-0.15, -0.1) is 0 Å². The second-order valence-electron chi connectivity index (χ2n) is 5.31. The summed E-state index contributed by atoms with van der Waals surface area (Å²) in [5.74, 6) is -6.64. The summed E-state index contributed by atoms with van der Waals surface area (Å²) in [6, 6.07) is 5.85. The van der Waals surface area contributed by atoms with Crippen molar-refractivity contribution < 1.29 is 36.6 Å². The monoisotopic (exact) mass is 414 g/mol. The first-order valence-corrected chi connectivity index (χ1v) is 8.43. The molecule has 0 saturated heterocycles. The van der Waals surface area contributed by atoms with Gasteiger partial charge in [-0.25, -0.2) is 27.3 Å². The molecule has 0 bridgehead atoms. The van der Waals surface area contributed by atoms with E-state index in [2.05, 4.69) is 15.0 Å². The number of esters is 1. The Balaban J connectivity index is 1.52. The molecular weight excluding hydrogens is 404 g/mol. The van der Waals surface area contributed by atoms with Gasteiger partial charge in [0.25, 0.3) is 5.91 Å². The third kappa shape index (κ3) is 4.55. The number of benzene rings is 2. The van der Waals surface area contributed by atoms with Crippen molar-refractivity contribution in [1.29, 1.82) is 0 Å². The van der Waals surface area contributed by atoms with Gasteiger partial charge < -0.3 is 9.47 Å². The number of carbonyl (C=O) groups excluding carboxylic acids is 2. The van der Waals surface area contributed by atoms with Crippen LogP contribution in [0.3, 0.4) is 0 Å². The van der Waals surface area contributed by atoms with E-state index in [4.69, 9.17) is 4.74 Å². The Bertz CT molecular complexity index is 1060. The molecule has 6 nitrogen and oxygen atoms in total. The number of rotatable bonds is 6. The highest BCUT2D eigenvalue weighted by Gasteiger charge is 2.18. The number of aromatic nitrogens is 1. The van der Waals surface area contributed by atoms with Crippen LogP contribution in [0, 0.1) is 23.3 Å². The average Bonchev–Trinajstić information content (AvgIpc) is 3.05. The summed E-state index contributed by atoms with van der Waals surface area (Å²) in [6.07, 6.45) is 0. The maximum atomic E-state index is 13.6. The molecule has 0 fully saturated rings. The van der Waals surface area contributed by atoms with Gasteiger partial charge >= 0.3 is 5.97 Å². The first-order valence-electron chi connectivity index (χ1n) is 7.61. The number of fused-ring (bicyclic) bond motifs is 1. The number of amides is 1. The summed E-state index contributed by atoms with van der Waals surface area (Å²) in [6.45, 7) is -1.26. The number of nitrogens with zero attached hydrogens (tertiary/aromatic N) is 1. The van der Waals surface area contributed by atoms with Gasteiger partial charge in [0.1, 0.15) is 17.1 Å². The van der Waals surface area contributed by atoms with Gasteiger partial charge in [-0.3, -0.25) is 10.1 Å². The van der Waals surface area contributed by atoms with Crippen LogP contribution < -0.4 is 10.1 Å². The molecule has 3 aromatic rings. The smallest absolute Gasteiger partial charge is 0.344 e. The van der Waals surface area contributed by atoms with Gasteiger partial charge in [-0.1, -0.05) is 17.4 Å². The zero-order valence-corrected chi connectivity index (χ0v) is 14.6. The van der Waals surface area contributed by atoms with E-state index in [-0.39, 0.29) is 15.6 Å². The van der Waals surface area contributed by atoms with E-state index in [0.29, 0.717) is 11.3 Å². The Morgan fingerprint density at radius 2 is 1.86 bits per heavy atom. The van der Waals surface area contributed by atoms with Crippen molar-refractivity contribution in [2.45, 2.75) is 0 Å². The fourth-order valence-corrected chi connectivity index (χ4v) is 2.97. The second kappa shape index (κ2) is 8.21. The maximum Gasteiger partial charge on any atom is 0.344 e. The lowest BCUT2D eigenvalue weighted by molar-refractivity contribution is -0.149. The normalized spacial score (nSPS) is 10.7. The minimum Gasteiger partial charge on any atom is -0.482 e. The number of nitrogens with one attached hydrogen (secondary N) is 1. The molecule has 11 heteroatoms. The van der Waals surface area contributed by atoms with E-state index in [9.17, 15) is 27.2 Å². The van der Waals surface area contributed by atoms with E-state index < -0.39 is 53.9 Å². The first kappa shape index (κ1) is 19.5. The number of ether oxygens (including phenoxy) is 2. The van der Waals surface area contributed by atoms with Crippen molar-refractivity contribution in [3.8, 4) is 5.75 Å². The van der Waals surface area contributed by atoms with Crippen LogP contribution in [0.1, 0.15) is 0 Å². The minimum atomic E-state index is -1.66. The highest BCUT2D eigenvalue weighted by Crippen LogP contribution is 2.30. The summed E-state index contributed by atoms with van der Waals surface area (Å²) in [5, 5.41) is 2.09. The van der Waals surface area contributed by atoms with E-state index in [1.807, 2.05) is 0 Å². The second-order valence-corrected chi connectivity index (χ2v) is 6.34. The average molecular weight is 414 g/mol. The topological polar surface area (TPSA) is 77.5 Å². The standard InChI is InChI=1S/C17H10F4N2O4S/c18-8-2-1-3-9(4-8)26-7-13(25)27-6-12(24)22-17-23-16-11(28-17)5-10(19)14(20)15(16)21/h1-5H,6-7H2,(H,22,23,24). The summed E-state index contributed by atoms with van der Waals surface area (Å²) in [5.41, 5.74) is -0.431. The molecule has 0 aliphatic carbocycles. The van der Waals surface area contributed by atoms with Crippen molar-refractivity contribution in [3.63, 3.8) is 0 Å². The Morgan fingerprint density at radius 1 is 1.07 bits per heavy atom. The molecule has 1 N–H and O–H groups in total. The molecule has 0 saturated carbocycles. The van der Waals surface area contributed by atoms with Gasteiger partial charge in [0.15, 0.2) is 35.8 Å². The predicted octanol–water partition coefficient (Wildman–Crippen LogP) is 3.41. The van der Waals surface area contributed by atoms with Crippen LogP contribution in [-0.2, 0) is 14.3 Å². The Labute approximate surface area is 158 Å². The highest BCUT2D eigenvalue weighted by atomic mass is 32.1. The molecule has 0 atom stereocenters. The molecule has 2 aromatic carbocycles. The molecule has 1 amide bonds. The fraction of sp³-hybridized carbons (Fsp3) is 0.118. The first-order chi connectivity index (χ1) is 13.3. The summed E-state index contributed by atoms with van der Waals surface area (Å²) in [4.78, 5) is 27.0. The summed E-state index contributed by atoms with van der Waals surface area (Å²) in [7, 11) is 0. The molecule has 28 heavy (non-hydrogen) atoms. The zero-order chi connectivity index (χ0) is 20.3. The van der Waals surface area contributed by atoms with E-state index in [0.717, 1.165) is 12.1 Å². The van der Waals surface area contributed by atoms with Gasteiger partial charge in [0, 0.05) is 6.07 Å². The number of hydrogen-bond acceptors (Lipinski definition) is 6. The third-order valence-corrected chi connectivity index (χ3v) is 4.20. The van der Waals surface area contributed by atoms with E-state index in [1.165, 1.54) is 18.2 Å². The molecule has 0 spiro atoms. The van der Waals surface area contributed by atoms with Crippen molar-refractivity contribution in [3.05, 3.63) is 53.6 Å². The summed E-state index contributed by atoms with van der Waals surface area (Å²) < 4.78 is 62.7. The third-order valence-electron chi connectivity index (χ3n) is 3.28. The fourth-order valence-electron chi connectivity index (χ4n) is 2.07. The number of halogens is 4. The maximum absolute atomic E-state index is 13.6. The highest BCUT2D eigenvalue weighted by molar-refractivity contribution is 7.22. The lowest BCUT2D eigenvalue weighted by atomic mass is 10.3. The van der Waals surface area contributed by atoms with Crippen molar-refractivity contribution in [2.75, 3.05) is 18.5 Å². The van der Waals surface area contributed by atoms with Crippen LogP contribution in [0.5, 0.6) is 5.75 Å².